The van der Waals surface area contributed by atoms with Crippen LogP contribution in [0, 0.1) is 11.8 Å². The lowest BCUT2D eigenvalue weighted by atomic mass is 9.81. The second-order valence-electron chi connectivity index (χ2n) is 8.13. The summed E-state index contributed by atoms with van der Waals surface area (Å²) in [6.45, 7) is 1.54. The molecule has 3 fully saturated rings. The van der Waals surface area contributed by atoms with Crippen molar-refractivity contribution in [3.8, 4) is 0 Å². The van der Waals surface area contributed by atoms with E-state index in [0.29, 0.717) is 18.5 Å². The van der Waals surface area contributed by atoms with E-state index < -0.39 is 22.0 Å². The summed E-state index contributed by atoms with van der Waals surface area (Å²) >= 11 is 0. The van der Waals surface area contributed by atoms with E-state index in [4.69, 9.17) is 0 Å². The quantitative estimate of drug-likeness (QED) is 0.681. The van der Waals surface area contributed by atoms with E-state index in [1.54, 1.807) is 6.92 Å². The van der Waals surface area contributed by atoms with E-state index >= 15 is 0 Å². The Labute approximate surface area is 170 Å². The van der Waals surface area contributed by atoms with Crippen LogP contribution in [0.1, 0.15) is 45.4 Å². The van der Waals surface area contributed by atoms with Crippen LogP contribution in [0.2, 0.25) is 0 Å². The molecule has 8 nitrogen and oxygen atoms in total. The lowest BCUT2D eigenvalue weighted by molar-refractivity contribution is -0.146. The van der Waals surface area contributed by atoms with E-state index in [-0.39, 0.29) is 34.6 Å². The van der Waals surface area contributed by atoms with Gasteiger partial charge >= 0.3 is 0 Å². The van der Waals surface area contributed by atoms with Gasteiger partial charge in [0.15, 0.2) is 0 Å². The minimum absolute atomic E-state index is 0.0134. The Morgan fingerprint density at radius 1 is 1.00 bits per heavy atom. The van der Waals surface area contributed by atoms with Crippen LogP contribution < -0.4 is 10.0 Å². The number of imide groups is 1. The first-order valence-electron chi connectivity index (χ1n) is 10.1. The Morgan fingerprint density at radius 2 is 1.55 bits per heavy atom. The Hall–Kier alpha value is -2.26. The molecule has 3 aliphatic rings. The van der Waals surface area contributed by atoms with E-state index in [1.807, 2.05) is 0 Å². The molecule has 2 saturated carbocycles. The molecule has 29 heavy (non-hydrogen) atoms. The fraction of sp³-hybridized carbons (Fsp3) is 0.550. The highest BCUT2D eigenvalue weighted by Gasteiger charge is 2.50. The summed E-state index contributed by atoms with van der Waals surface area (Å²) in [6, 6.07) is 4.94. The molecule has 1 heterocycles. The van der Waals surface area contributed by atoms with E-state index in [1.165, 1.54) is 24.3 Å². The van der Waals surface area contributed by atoms with Crippen LogP contribution >= 0.6 is 0 Å². The summed E-state index contributed by atoms with van der Waals surface area (Å²) in [5.74, 6) is -1.58. The Balaban J connectivity index is 1.42. The number of amides is 3. The second-order valence-corrected chi connectivity index (χ2v) is 9.84. The molecule has 3 unspecified atom stereocenters. The van der Waals surface area contributed by atoms with Gasteiger partial charge in [-0.1, -0.05) is 12.8 Å². The number of likely N-dealkylation sites (tertiary alicyclic amines) is 1. The molecule has 2 aliphatic carbocycles. The summed E-state index contributed by atoms with van der Waals surface area (Å²) in [7, 11) is -3.56. The molecule has 4 rings (SSSR count). The second kappa shape index (κ2) is 7.53. The van der Waals surface area contributed by atoms with Gasteiger partial charge in [0.1, 0.15) is 6.04 Å². The van der Waals surface area contributed by atoms with Crippen LogP contribution in [0.5, 0.6) is 0 Å². The van der Waals surface area contributed by atoms with Crippen LogP contribution in [0.25, 0.3) is 0 Å². The molecule has 1 saturated heterocycles. The van der Waals surface area contributed by atoms with Crippen molar-refractivity contribution in [1.29, 1.82) is 0 Å². The number of rotatable bonds is 6. The SMILES string of the molecule is CC(C(=O)Nc1ccc(S(=O)(=O)NC2CC2)cc1)N1C(=O)C2CCCCC2C1=O. The van der Waals surface area contributed by atoms with Gasteiger partial charge in [-0.3, -0.25) is 19.3 Å². The van der Waals surface area contributed by atoms with Crippen LogP contribution in [0.3, 0.4) is 0 Å². The van der Waals surface area contributed by atoms with Gasteiger partial charge in [0.05, 0.1) is 16.7 Å². The predicted molar refractivity (Wildman–Crippen MR) is 105 cm³/mol. The monoisotopic (exact) mass is 419 g/mol. The molecule has 156 valence electrons. The molecule has 0 radical (unpaired) electrons. The molecule has 1 aliphatic heterocycles. The van der Waals surface area contributed by atoms with Gasteiger partial charge in [0.2, 0.25) is 27.7 Å². The van der Waals surface area contributed by atoms with Gasteiger partial charge < -0.3 is 5.32 Å². The summed E-state index contributed by atoms with van der Waals surface area (Å²) in [6.07, 6.45) is 4.95. The maximum absolute atomic E-state index is 12.6. The molecule has 0 aromatic heterocycles. The topological polar surface area (TPSA) is 113 Å². The highest BCUT2D eigenvalue weighted by molar-refractivity contribution is 7.89. The first kappa shape index (κ1) is 20.0. The number of benzene rings is 1. The standard InChI is InChI=1S/C20H25N3O5S/c1-12(23-19(25)16-4-2-3-5-17(16)20(23)26)18(24)21-13-8-10-15(11-9-13)29(27,28)22-14-6-7-14/h8-12,14,16-17,22H,2-7H2,1H3,(H,21,24). The third kappa shape index (κ3) is 3.93. The molecule has 3 atom stereocenters. The van der Waals surface area contributed by atoms with Crippen molar-refractivity contribution in [2.24, 2.45) is 11.8 Å². The van der Waals surface area contributed by atoms with Crippen molar-refractivity contribution in [2.75, 3.05) is 5.32 Å². The van der Waals surface area contributed by atoms with Gasteiger partial charge in [0, 0.05) is 11.7 Å². The summed E-state index contributed by atoms with van der Waals surface area (Å²) in [4.78, 5) is 39.2. The zero-order valence-electron chi connectivity index (χ0n) is 16.3. The van der Waals surface area contributed by atoms with E-state index in [9.17, 15) is 22.8 Å². The van der Waals surface area contributed by atoms with Crippen LogP contribution in [-0.2, 0) is 24.4 Å². The third-order valence-corrected chi connectivity index (χ3v) is 7.51. The van der Waals surface area contributed by atoms with Crippen molar-refractivity contribution < 1.29 is 22.8 Å². The average Bonchev–Trinajstić information content (AvgIpc) is 3.47. The molecular weight excluding hydrogens is 394 g/mol. The normalized spacial score (nSPS) is 25.6. The number of nitrogens with one attached hydrogen (secondary N) is 2. The first-order valence-corrected chi connectivity index (χ1v) is 11.6. The number of nitrogens with zero attached hydrogens (tertiary/aromatic N) is 1. The summed E-state index contributed by atoms with van der Waals surface area (Å²) < 4.78 is 27.0. The number of carbonyl (C=O) groups excluding carboxylic acids is 3. The van der Waals surface area contributed by atoms with Crippen LogP contribution in [0.15, 0.2) is 29.2 Å². The highest BCUT2D eigenvalue weighted by atomic mass is 32.2. The predicted octanol–water partition coefficient (Wildman–Crippen LogP) is 1.63. The van der Waals surface area contributed by atoms with Crippen molar-refractivity contribution in [1.82, 2.24) is 9.62 Å². The molecule has 1 aromatic carbocycles. The number of anilines is 1. The molecule has 9 heteroatoms. The molecular formula is C20H25N3O5S. The number of sulfonamides is 1. The van der Waals surface area contributed by atoms with Gasteiger partial charge in [-0.15, -0.1) is 0 Å². The van der Waals surface area contributed by atoms with Crippen LogP contribution in [-0.4, -0.2) is 43.1 Å². The van der Waals surface area contributed by atoms with Gasteiger partial charge in [-0.25, -0.2) is 13.1 Å². The average molecular weight is 420 g/mol. The van der Waals surface area contributed by atoms with E-state index in [2.05, 4.69) is 10.0 Å². The fourth-order valence-corrected chi connectivity index (χ4v) is 5.44. The smallest absolute Gasteiger partial charge is 0.247 e. The molecule has 1 aromatic rings. The largest absolute Gasteiger partial charge is 0.324 e. The van der Waals surface area contributed by atoms with Gasteiger partial charge in [-0.2, -0.15) is 0 Å². The lowest BCUT2D eigenvalue weighted by Gasteiger charge is -2.22. The molecule has 3 amide bonds. The van der Waals surface area contributed by atoms with E-state index in [0.717, 1.165) is 30.6 Å². The van der Waals surface area contributed by atoms with Crippen LogP contribution in [0.4, 0.5) is 5.69 Å². The minimum Gasteiger partial charge on any atom is -0.324 e. The van der Waals surface area contributed by atoms with Gasteiger partial charge in [0.25, 0.3) is 0 Å². The maximum Gasteiger partial charge on any atom is 0.247 e. The number of hydrogen-bond donors (Lipinski definition) is 2. The highest BCUT2D eigenvalue weighted by Crippen LogP contribution is 2.39. The van der Waals surface area contributed by atoms with Crippen molar-refractivity contribution in [3.05, 3.63) is 24.3 Å². The first-order chi connectivity index (χ1) is 13.8. The summed E-state index contributed by atoms with van der Waals surface area (Å²) in [5.41, 5.74) is 0.406. The Morgan fingerprint density at radius 3 is 2.07 bits per heavy atom. The molecule has 2 N–H and O–H groups in total. The number of carbonyl (C=O) groups is 3. The van der Waals surface area contributed by atoms with Crippen molar-refractivity contribution >= 4 is 33.4 Å². The zero-order chi connectivity index (χ0) is 20.8. The summed E-state index contributed by atoms with van der Waals surface area (Å²) in [5, 5.41) is 2.67. The zero-order valence-corrected chi connectivity index (χ0v) is 17.1. The van der Waals surface area contributed by atoms with Crippen molar-refractivity contribution in [3.63, 3.8) is 0 Å². The Bertz CT molecular complexity index is 915. The van der Waals surface area contributed by atoms with Gasteiger partial charge in [-0.05, 0) is 56.9 Å². The van der Waals surface area contributed by atoms with Crippen molar-refractivity contribution in [2.45, 2.75) is 62.4 Å². The minimum atomic E-state index is -3.56. The molecule has 0 bridgehead atoms. The number of hydrogen-bond acceptors (Lipinski definition) is 5. The third-order valence-electron chi connectivity index (χ3n) is 5.97. The lowest BCUT2D eigenvalue weighted by Crippen LogP contribution is -2.46. The fourth-order valence-electron chi connectivity index (χ4n) is 4.14. The maximum atomic E-state index is 12.6. The number of fused-ring (bicyclic) bond motifs is 1. The Kier molecular flexibility index (Phi) is 5.20. The molecule has 0 spiro atoms.